The Kier molecular flexibility index (Phi) is 6.49. The lowest BCUT2D eigenvalue weighted by Gasteiger charge is -2.26. The van der Waals surface area contributed by atoms with Crippen LogP contribution in [-0.4, -0.2) is 48.0 Å². The average Bonchev–Trinajstić information content (AvgIpc) is 3.13. The molecule has 8 heteroatoms. The Hall–Kier alpha value is -4.33. The molecule has 8 nitrogen and oxygen atoms in total. The molecular formula is C26H24N2O6. The lowest BCUT2D eigenvalue weighted by molar-refractivity contribution is -0.140. The number of likely N-dealkylation sites (tertiary alicyclic amines) is 1. The van der Waals surface area contributed by atoms with Crippen LogP contribution < -0.4 is 14.2 Å². The van der Waals surface area contributed by atoms with Gasteiger partial charge in [-0.15, -0.1) is 0 Å². The molecule has 1 unspecified atom stereocenters. The second-order valence-corrected chi connectivity index (χ2v) is 7.56. The number of rotatable bonds is 7. The van der Waals surface area contributed by atoms with E-state index in [1.807, 2.05) is 18.2 Å². The zero-order valence-electron chi connectivity index (χ0n) is 19.0. The second-order valence-electron chi connectivity index (χ2n) is 7.56. The minimum atomic E-state index is -0.881. The highest BCUT2D eigenvalue weighted by Gasteiger charge is 2.47. The first-order valence-electron chi connectivity index (χ1n) is 10.5. The van der Waals surface area contributed by atoms with E-state index >= 15 is 0 Å². The monoisotopic (exact) mass is 460 g/mol. The lowest BCUT2D eigenvalue weighted by atomic mass is 9.95. The first-order valence-corrected chi connectivity index (χ1v) is 10.5. The summed E-state index contributed by atoms with van der Waals surface area (Å²) in [5, 5.41) is 11.4. The first-order chi connectivity index (χ1) is 16.5. The minimum absolute atomic E-state index is 0.0734. The number of benzene rings is 2. The van der Waals surface area contributed by atoms with E-state index in [2.05, 4.69) is 4.98 Å². The van der Waals surface area contributed by atoms with Gasteiger partial charge in [0.25, 0.3) is 11.7 Å². The molecule has 34 heavy (non-hydrogen) atoms. The van der Waals surface area contributed by atoms with Crippen molar-refractivity contribution >= 4 is 17.4 Å². The van der Waals surface area contributed by atoms with Crippen LogP contribution in [0, 0.1) is 0 Å². The molecule has 1 aromatic heterocycles. The normalized spacial score (nSPS) is 17.0. The van der Waals surface area contributed by atoms with E-state index in [1.54, 1.807) is 55.9 Å². The minimum Gasteiger partial charge on any atom is -0.506 e. The summed E-state index contributed by atoms with van der Waals surface area (Å²) in [6.07, 6.45) is 3.16. The summed E-state index contributed by atoms with van der Waals surface area (Å²) in [7, 11) is 4.44. The van der Waals surface area contributed by atoms with Gasteiger partial charge in [-0.2, -0.15) is 0 Å². The fourth-order valence-corrected chi connectivity index (χ4v) is 4.16. The zero-order valence-corrected chi connectivity index (χ0v) is 19.0. The number of hydrogen-bond acceptors (Lipinski definition) is 7. The van der Waals surface area contributed by atoms with Crippen LogP contribution in [0.2, 0.25) is 0 Å². The van der Waals surface area contributed by atoms with Crippen molar-refractivity contribution in [2.24, 2.45) is 0 Å². The van der Waals surface area contributed by atoms with Crippen molar-refractivity contribution in [3.05, 3.63) is 89.3 Å². The van der Waals surface area contributed by atoms with Gasteiger partial charge in [0.1, 0.15) is 28.6 Å². The fourth-order valence-electron chi connectivity index (χ4n) is 4.16. The number of hydrogen-bond donors (Lipinski definition) is 1. The predicted octanol–water partition coefficient (Wildman–Crippen LogP) is 3.73. The Morgan fingerprint density at radius 2 is 1.56 bits per heavy atom. The molecule has 2 aromatic carbocycles. The van der Waals surface area contributed by atoms with Crippen molar-refractivity contribution in [1.29, 1.82) is 0 Å². The van der Waals surface area contributed by atoms with Crippen LogP contribution in [-0.2, 0) is 16.1 Å². The third kappa shape index (κ3) is 3.94. The maximum absolute atomic E-state index is 13.3. The number of aliphatic hydroxyl groups excluding tert-OH is 1. The van der Waals surface area contributed by atoms with Gasteiger partial charge in [0.05, 0.1) is 39.5 Å². The lowest BCUT2D eigenvalue weighted by Crippen LogP contribution is -2.29. The van der Waals surface area contributed by atoms with Crippen LogP contribution in [0.5, 0.6) is 17.2 Å². The van der Waals surface area contributed by atoms with Crippen molar-refractivity contribution in [3.8, 4) is 17.2 Å². The number of aromatic nitrogens is 1. The quantitative estimate of drug-likeness (QED) is 0.326. The second kappa shape index (κ2) is 9.66. The van der Waals surface area contributed by atoms with E-state index in [1.165, 1.54) is 19.1 Å². The van der Waals surface area contributed by atoms with Crippen molar-refractivity contribution in [3.63, 3.8) is 0 Å². The fraction of sp³-hybridized carbons (Fsp3) is 0.192. The molecule has 0 saturated carbocycles. The van der Waals surface area contributed by atoms with Gasteiger partial charge < -0.3 is 24.2 Å². The number of carbonyl (C=O) groups is 2. The van der Waals surface area contributed by atoms with Crippen LogP contribution in [0.4, 0.5) is 0 Å². The van der Waals surface area contributed by atoms with Crippen LogP contribution in [0.3, 0.4) is 0 Å². The van der Waals surface area contributed by atoms with Gasteiger partial charge >= 0.3 is 0 Å². The number of amides is 1. The van der Waals surface area contributed by atoms with Crippen LogP contribution in [0.25, 0.3) is 5.76 Å². The summed E-state index contributed by atoms with van der Waals surface area (Å²) in [5.41, 5.74) is 1.41. The highest BCUT2D eigenvalue weighted by molar-refractivity contribution is 6.46. The van der Waals surface area contributed by atoms with E-state index in [0.717, 1.165) is 5.56 Å². The number of ketones is 1. The standard InChI is InChI=1S/C26H24N2O6/c1-32-18-10-5-4-8-17(18)15-28-23(16-9-7-13-27-14-16)22(25(30)26(28)31)24(29)21-19(33-2)11-6-12-20(21)34-3/h4-14,23,29H,15H2,1-3H3/b24-22+. The van der Waals surface area contributed by atoms with Crippen molar-refractivity contribution in [2.45, 2.75) is 12.6 Å². The van der Waals surface area contributed by atoms with Gasteiger partial charge in [0.2, 0.25) is 0 Å². The van der Waals surface area contributed by atoms with E-state index in [0.29, 0.717) is 22.8 Å². The number of Topliss-reactive ketones (excluding diaryl/α,β-unsaturated/α-hetero) is 1. The Bertz CT molecular complexity index is 1230. The molecule has 0 spiro atoms. The molecule has 1 saturated heterocycles. The molecule has 174 valence electrons. The van der Waals surface area contributed by atoms with Gasteiger partial charge in [-0.05, 0) is 29.8 Å². The number of pyridine rings is 1. The van der Waals surface area contributed by atoms with Crippen LogP contribution in [0.15, 0.2) is 72.6 Å². The number of para-hydroxylation sites is 1. The summed E-state index contributed by atoms with van der Waals surface area (Å²) in [5.74, 6) is -0.746. The smallest absolute Gasteiger partial charge is 0.295 e. The van der Waals surface area contributed by atoms with Crippen LogP contribution >= 0.6 is 0 Å². The largest absolute Gasteiger partial charge is 0.506 e. The summed E-state index contributed by atoms with van der Waals surface area (Å²) < 4.78 is 16.3. The number of ether oxygens (including phenoxy) is 3. The van der Waals surface area contributed by atoms with Crippen LogP contribution in [0.1, 0.15) is 22.7 Å². The van der Waals surface area contributed by atoms with Crippen molar-refractivity contribution < 1.29 is 28.9 Å². The molecular weight excluding hydrogens is 436 g/mol. The molecule has 0 aliphatic carbocycles. The maximum atomic E-state index is 13.3. The SMILES string of the molecule is COc1ccccc1CN1C(=O)C(=O)/C(=C(/O)c2c(OC)cccc2OC)C1c1cccnc1. The Labute approximate surface area is 197 Å². The van der Waals surface area contributed by atoms with Gasteiger partial charge in [-0.3, -0.25) is 14.6 Å². The van der Waals surface area contributed by atoms with E-state index in [4.69, 9.17) is 14.2 Å². The Morgan fingerprint density at radius 3 is 2.18 bits per heavy atom. The highest BCUT2D eigenvalue weighted by atomic mass is 16.5. The predicted molar refractivity (Wildman–Crippen MR) is 125 cm³/mol. The molecule has 1 aliphatic rings. The third-order valence-electron chi connectivity index (χ3n) is 5.74. The number of carbonyl (C=O) groups excluding carboxylic acids is 2. The number of nitrogens with zero attached hydrogens (tertiary/aromatic N) is 2. The van der Waals surface area contributed by atoms with Gasteiger partial charge in [0, 0.05) is 18.0 Å². The molecule has 0 radical (unpaired) electrons. The molecule has 1 fully saturated rings. The summed E-state index contributed by atoms with van der Waals surface area (Å²) in [6, 6.07) is 14.8. The molecule has 0 bridgehead atoms. The maximum Gasteiger partial charge on any atom is 0.295 e. The molecule has 2 heterocycles. The Balaban J connectivity index is 1.93. The summed E-state index contributed by atoms with van der Waals surface area (Å²) >= 11 is 0. The molecule has 1 amide bonds. The molecule has 4 rings (SSSR count). The van der Waals surface area contributed by atoms with Crippen molar-refractivity contribution in [2.75, 3.05) is 21.3 Å². The van der Waals surface area contributed by atoms with E-state index < -0.39 is 17.7 Å². The number of methoxy groups -OCH3 is 3. The van der Waals surface area contributed by atoms with Crippen molar-refractivity contribution in [1.82, 2.24) is 9.88 Å². The zero-order chi connectivity index (χ0) is 24.2. The van der Waals surface area contributed by atoms with Gasteiger partial charge in [-0.1, -0.05) is 30.3 Å². The van der Waals surface area contributed by atoms with Gasteiger partial charge in [-0.25, -0.2) is 0 Å². The summed E-state index contributed by atoms with van der Waals surface area (Å²) in [6.45, 7) is 0.0913. The van der Waals surface area contributed by atoms with Gasteiger partial charge in [0.15, 0.2) is 0 Å². The first kappa shape index (κ1) is 22.8. The third-order valence-corrected chi connectivity index (χ3v) is 5.74. The summed E-state index contributed by atoms with van der Waals surface area (Å²) in [4.78, 5) is 32.1. The molecule has 3 aromatic rings. The highest BCUT2D eigenvalue weighted by Crippen LogP contribution is 2.44. The molecule has 1 atom stereocenters. The van der Waals surface area contributed by atoms with E-state index in [9.17, 15) is 14.7 Å². The average molecular weight is 460 g/mol. The van der Waals surface area contributed by atoms with E-state index in [-0.39, 0.29) is 23.4 Å². The molecule has 1 aliphatic heterocycles. The topological polar surface area (TPSA) is 98.2 Å². The number of aliphatic hydroxyl groups is 1. The molecule has 1 N–H and O–H groups in total. The Morgan fingerprint density at radius 1 is 0.912 bits per heavy atom.